The monoisotopic (exact) mass is 598 g/mol. The zero-order valence-electron chi connectivity index (χ0n) is 23.1. The van der Waals surface area contributed by atoms with Crippen LogP contribution in [-0.2, 0) is 17.9 Å². The van der Waals surface area contributed by atoms with Gasteiger partial charge in [0, 0.05) is 36.8 Å². The predicted molar refractivity (Wildman–Crippen MR) is 159 cm³/mol. The van der Waals surface area contributed by atoms with Gasteiger partial charge in [-0.2, -0.15) is 4.98 Å². The molecule has 2 heterocycles. The molecule has 1 aromatic heterocycles. The van der Waals surface area contributed by atoms with Gasteiger partial charge in [-0.3, -0.25) is 14.6 Å². The smallest absolute Gasteiger partial charge is 0.330 e. The summed E-state index contributed by atoms with van der Waals surface area (Å²) in [5, 5.41) is 6.84. The zero-order valence-corrected chi connectivity index (χ0v) is 24.6. The molecule has 216 valence electrons. The molecular formula is C29H32Cl2N6O4. The number of carbonyl (C=O) groups excluding carboxylic acids is 2. The highest BCUT2D eigenvalue weighted by Crippen LogP contribution is 2.48. The molecule has 2 aromatic carbocycles. The number of carbonyl (C=O) groups is 2. The number of fused-ring (bicyclic) bond motifs is 1. The van der Waals surface area contributed by atoms with Crippen molar-refractivity contribution in [1.82, 2.24) is 15.3 Å². The van der Waals surface area contributed by atoms with Crippen LogP contribution in [0.15, 0.2) is 42.6 Å². The van der Waals surface area contributed by atoms with Crippen molar-refractivity contribution in [2.24, 2.45) is 0 Å². The maximum absolute atomic E-state index is 14.2. The van der Waals surface area contributed by atoms with Crippen LogP contribution in [0.1, 0.15) is 43.7 Å². The number of ether oxygens (including phenoxy) is 2. The number of aromatic nitrogens is 2. The molecule has 2 atom stereocenters. The Bertz CT molecular complexity index is 1410. The van der Waals surface area contributed by atoms with E-state index in [9.17, 15) is 9.59 Å². The van der Waals surface area contributed by atoms with Crippen LogP contribution in [-0.4, -0.2) is 48.2 Å². The standard InChI is InChI=1S/C29H32Cl2N6O4/c1-17(38)33-20-11-7-8-12-21(20)34-28-32-14-19-16-36(26-24(30)22(40-2)13-23(41-3)25(26)31)29(39)37(27(19)35-28)15-18-9-5-4-6-10-18/h4-6,9-10,13-14,20-21H,7-8,11-12,15-16H2,1-3H3,(H,33,38)(H,32,34,35). The van der Waals surface area contributed by atoms with Crippen LogP contribution in [0, 0.1) is 0 Å². The average Bonchev–Trinajstić information content (AvgIpc) is 2.97. The highest BCUT2D eigenvalue weighted by molar-refractivity contribution is 6.42. The second kappa shape index (κ2) is 12.4. The van der Waals surface area contributed by atoms with E-state index in [1.807, 2.05) is 30.3 Å². The molecule has 2 unspecified atom stereocenters. The first-order chi connectivity index (χ1) is 19.8. The van der Waals surface area contributed by atoms with E-state index >= 15 is 0 Å². The lowest BCUT2D eigenvalue weighted by molar-refractivity contribution is -0.119. The minimum absolute atomic E-state index is 0.0223. The number of urea groups is 1. The number of hydrogen-bond acceptors (Lipinski definition) is 7. The van der Waals surface area contributed by atoms with Gasteiger partial charge in [-0.05, 0) is 18.4 Å². The van der Waals surface area contributed by atoms with Gasteiger partial charge < -0.3 is 20.1 Å². The molecule has 3 aromatic rings. The molecule has 2 N–H and O–H groups in total. The Morgan fingerprint density at radius 1 is 1.05 bits per heavy atom. The Kier molecular flexibility index (Phi) is 8.70. The quantitative estimate of drug-likeness (QED) is 0.337. The number of methoxy groups -OCH3 is 2. The van der Waals surface area contributed by atoms with Crippen molar-refractivity contribution in [3.8, 4) is 11.5 Å². The van der Waals surface area contributed by atoms with Gasteiger partial charge in [0.05, 0.1) is 33.0 Å². The summed E-state index contributed by atoms with van der Waals surface area (Å²) < 4.78 is 10.9. The summed E-state index contributed by atoms with van der Waals surface area (Å²) in [6, 6.07) is 10.8. The lowest BCUT2D eigenvalue weighted by Gasteiger charge is -2.37. The lowest BCUT2D eigenvalue weighted by Crippen LogP contribution is -2.49. The molecule has 2 aliphatic rings. The summed E-state index contributed by atoms with van der Waals surface area (Å²) in [4.78, 5) is 38.5. The van der Waals surface area contributed by atoms with Crippen molar-refractivity contribution in [1.29, 1.82) is 0 Å². The van der Waals surface area contributed by atoms with E-state index in [2.05, 4.69) is 15.6 Å². The van der Waals surface area contributed by atoms with Crippen molar-refractivity contribution in [3.63, 3.8) is 0 Å². The Hall–Kier alpha value is -3.76. The fourth-order valence-electron chi connectivity index (χ4n) is 5.38. The number of rotatable bonds is 8. The van der Waals surface area contributed by atoms with Gasteiger partial charge in [0.15, 0.2) is 0 Å². The fourth-order valence-corrected chi connectivity index (χ4v) is 6.09. The van der Waals surface area contributed by atoms with Crippen LogP contribution < -0.4 is 29.9 Å². The second-order valence-corrected chi connectivity index (χ2v) is 10.8. The van der Waals surface area contributed by atoms with Gasteiger partial charge >= 0.3 is 6.03 Å². The van der Waals surface area contributed by atoms with Gasteiger partial charge in [-0.1, -0.05) is 66.4 Å². The normalized spacial score (nSPS) is 18.5. The topological polar surface area (TPSA) is 109 Å². The SMILES string of the molecule is COc1cc(OC)c(Cl)c(N2Cc3cnc(NC4CCCCC4NC(C)=O)nc3N(Cc3ccccc3)C2=O)c1Cl. The van der Waals surface area contributed by atoms with Crippen molar-refractivity contribution in [3.05, 3.63) is 63.8 Å². The Morgan fingerprint density at radius 2 is 1.71 bits per heavy atom. The molecule has 1 aliphatic carbocycles. The first-order valence-electron chi connectivity index (χ1n) is 13.4. The molecule has 5 rings (SSSR count). The summed E-state index contributed by atoms with van der Waals surface area (Å²) in [6.45, 7) is 1.91. The molecular weight excluding hydrogens is 567 g/mol. The van der Waals surface area contributed by atoms with E-state index in [1.165, 1.54) is 26.0 Å². The summed E-state index contributed by atoms with van der Waals surface area (Å²) in [6.07, 6.45) is 5.54. The van der Waals surface area contributed by atoms with Crippen molar-refractivity contribution in [2.75, 3.05) is 29.3 Å². The van der Waals surface area contributed by atoms with Crippen LogP contribution >= 0.6 is 23.2 Å². The number of halogens is 2. The average molecular weight is 600 g/mol. The maximum atomic E-state index is 14.2. The van der Waals surface area contributed by atoms with Gasteiger partial charge in [-0.25, -0.2) is 9.78 Å². The molecule has 0 radical (unpaired) electrons. The minimum atomic E-state index is -0.362. The third kappa shape index (κ3) is 5.99. The summed E-state index contributed by atoms with van der Waals surface area (Å²) in [5.74, 6) is 1.47. The Balaban J connectivity index is 1.54. The highest BCUT2D eigenvalue weighted by Gasteiger charge is 2.37. The zero-order chi connectivity index (χ0) is 29.1. The van der Waals surface area contributed by atoms with Gasteiger partial charge in [0.25, 0.3) is 0 Å². The van der Waals surface area contributed by atoms with Crippen molar-refractivity contribution in [2.45, 2.75) is 57.8 Å². The minimum Gasteiger partial charge on any atom is -0.495 e. The summed E-state index contributed by atoms with van der Waals surface area (Å²) in [5.41, 5.74) is 1.91. The van der Waals surface area contributed by atoms with Crippen LogP contribution in [0.3, 0.4) is 0 Å². The Morgan fingerprint density at radius 3 is 2.34 bits per heavy atom. The molecule has 1 aliphatic heterocycles. The Labute approximate surface area is 248 Å². The molecule has 10 nitrogen and oxygen atoms in total. The van der Waals surface area contributed by atoms with Gasteiger partial charge in [0.2, 0.25) is 11.9 Å². The van der Waals surface area contributed by atoms with Gasteiger partial charge in [0.1, 0.15) is 27.4 Å². The van der Waals surface area contributed by atoms with Gasteiger partial charge in [-0.15, -0.1) is 0 Å². The van der Waals surface area contributed by atoms with E-state index in [4.69, 9.17) is 37.7 Å². The van der Waals surface area contributed by atoms with Crippen molar-refractivity contribution >= 4 is 52.6 Å². The molecule has 12 heteroatoms. The molecule has 1 fully saturated rings. The van der Waals surface area contributed by atoms with Crippen LogP contribution in [0.25, 0.3) is 0 Å². The third-order valence-electron chi connectivity index (χ3n) is 7.36. The van der Waals surface area contributed by atoms with Crippen LogP contribution in [0.4, 0.5) is 22.2 Å². The third-order valence-corrected chi connectivity index (χ3v) is 8.09. The predicted octanol–water partition coefficient (Wildman–Crippen LogP) is 5.81. The van der Waals surface area contributed by atoms with Crippen LogP contribution in [0.2, 0.25) is 10.0 Å². The van der Waals surface area contributed by atoms with E-state index in [-0.39, 0.29) is 52.8 Å². The van der Waals surface area contributed by atoms with E-state index in [1.54, 1.807) is 17.2 Å². The first-order valence-corrected chi connectivity index (χ1v) is 14.2. The highest BCUT2D eigenvalue weighted by atomic mass is 35.5. The summed E-state index contributed by atoms with van der Waals surface area (Å²) >= 11 is 13.4. The number of nitrogens with zero attached hydrogens (tertiary/aromatic N) is 4. The van der Waals surface area contributed by atoms with E-state index < -0.39 is 0 Å². The largest absolute Gasteiger partial charge is 0.495 e. The van der Waals surface area contributed by atoms with Crippen molar-refractivity contribution < 1.29 is 19.1 Å². The number of nitrogens with one attached hydrogen (secondary N) is 2. The van der Waals surface area contributed by atoms with Crippen LogP contribution in [0.5, 0.6) is 11.5 Å². The number of anilines is 3. The molecule has 0 spiro atoms. The number of amides is 3. The lowest BCUT2D eigenvalue weighted by atomic mass is 9.90. The molecule has 0 saturated heterocycles. The molecule has 0 bridgehead atoms. The van der Waals surface area contributed by atoms with E-state index in [0.717, 1.165) is 31.2 Å². The molecule has 41 heavy (non-hydrogen) atoms. The first kappa shape index (κ1) is 28.8. The van der Waals surface area contributed by atoms with E-state index in [0.29, 0.717) is 28.8 Å². The maximum Gasteiger partial charge on any atom is 0.330 e. The number of benzene rings is 2. The fraction of sp³-hybridized carbons (Fsp3) is 0.379. The molecule has 3 amide bonds. The number of hydrogen-bond donors (Lipinski definition) is 2. The second-order valence-electron chi connectivity index (χ2n) is 10.1. The summed E-state index contributed by atoms with van der Waals surface area (Å²) in [7, 11) is 2.97. The molecule has 1 saturated carbocycles.